The molecular weight excluding hydrogens is 423 g/mol. The maximum Gasteiger partial charge on any atom is 0.490 e. The highest BCUT2D eigenvalue weighted by molar-refractivity contribution is 7.18. The Morgan fingerprint density at radius 2 is 1.70 bits per heavy atom. The number of fused-ring (bicyclic) bond motifs is 1. The minimum absolute atomic E-state index is 0.415. The summed E-state index contributed by atoms with van der Waals surface area (Å²) in [6.07, 6.45) is -5.08. The molecule has 30 heavy (non-hydrogen) atoms. The van der Waals surface area contributed by atoms with Gasteiger partial charge in [0.05, 0.1) is 16.8 Å². The lowest BCUT2D eigenvalue weighted by molar-refractivity contribution is -0.192. The van der Waals surface area contributed by atoms with Crippen molar-refractivity contribution in [1.82, 2.24) is 15.4 Å². The van der Waals surface area contributed by atoms with Gasteiger partial charge in [0.1, 0.15) is 5.01 Å². The van der Waals surface area contributed by atoms with E-state index in [0.717, 1.165) is 34.9 Å². The minimum Gasteiger partial charge on any atom is -0.475 e. The van der Waals surface area contributed by atoms with Crippen LogP contribution in [-0.4, -0.2) is 51.3 Å². The number of aliphatic carboxylic acids is 1. The number of carbonyl (C=O) groups excluding carboxylic acids is 1. The number of aromatic nitrogens is 1. The molecule has 0 atom stereocenters. The van der Waals surface area contributed by atoms with Crippen LogP contribution < -0.4 is 5.48 Å². The lowest BCUT2D eigenvalue weighted by Crippen LogP contribution is -2.30. The molecule has 0 spiro atoms. The molecule has 0 aliphatic heterocycles. The zero-order chi connectivity index (χ0) is 23.1. The van der Waals surface area contributed by atoms with Gasteiger partial charge in [-0.1, -0.05) is 27.7 Å². The highest BCUT2D eigenvalue weighted by Gasteiger charge is 2.38. The van der Waals surface area contributed by atoms with Gasteiger partial charge in [-0.15, -0.1) is 11.3 Å². The highest BCUT2D eigenvalue weighted by Crippen LogP contribution is 2.24. The first-order valence-electron chi connectivity index (χ1n) is 9.19. The molecule has 1 aromatic heterocycles. The Kier molecular flexibility index (Phi) is 9.66. The fourth-order valence-electron chi connectivity index (χ4n) is 2.68. The van der Waals surface area contributed by atoms with Gasteiger partial charge in [-0.25, -0.2) is 15.3 Å². The molecule has 0 aliphatic carbocycles. The topological polar surface area (TPSA) is 103 Å². The molecule has 1 heterocycles. The van der Waals surface area contributed by atoms with Crippen LogP contribution in [0.3, 0.4) is 0 Å². The molecule has 0 aliphatic rings. The second-order valence-corrected chi connectivity index (χ2v) is 8.63. The minimum atomic E-state index is -5.08. The van der Waals surface area contributed by atoms with Crippen LogP contribution in [0, 0.1) is 11.8 Å². The number of hydrogen-bond donors (Lipinski definition) is 3. The van der Waals surface area contributed by atoms with E-state index in [2.05, 4.69) is 37.6 Å². The van der Waals surface area contributed by atoms with Crippen LogP contribution in [0.15, 0.2) is 18.2 Å². The van der Waals surface area contributed by atoms with E-state index < -0.39 is 18.1 Å². The van der Waals surface area contributed by atoms with E-state index in [1.54, 1.807) is 28.9 Å². The van der Waals surface area contributed by atoms with Crippen molar-refractivity contribution in [3.8, 4) is 0 Å². The molecule has 0 saturated heterocycles. The third kappa shape index (κ3) is 8.64. The zero-order valence-corrected chi connectivity index (χ0v) is 18.0. The second-order valence-electron chi connectivity index (χ2n) is 7.52. The van der Waals surface area contributed by atoms with Gasteiger partial charge in [-0.05, 0) is 30.0 Å². The lowest BCUT2D eigenvalue weighted by Gasteiger charge is -2.24. The summed E-state index contributed by atoms with van der Waals surface area (Å²) in [6, 6.07) is 5.31. The van der Waals surface area contributed by atoms with Crippen molar-refractivity contribution >= 4 is 33.4 Å². The number of halogens is 3. The van der Waals surface area contributed by atoms with Crippen LogP contribution >= 0.6 is 11.3 Å². The molecule has 11 heteroatoms. The average Bonchev–Trinajstić information content (AvgIpc) is 3.00. The third-order valence-electron chi connectivity index (χ3n) is 3.64. The summed E-state index contributed by atoms with van der Waals surface area (Å²) in [6.45, 7) is 11.8. The van der Waals surface area contributed by atoms with E-state index in [-0.39, 0.29) is 0 Å². The summed E-state index contributed by atoms with van der Waals surface area (Å²) in [7, 11) is 0. The molecule has 0 bridgehead atoms. The highest BCUT2D eigenvalue weighted by atomic mass is 32.1. The number of carboxylic acid groups (broad SMARTS) is 1. The van der Waals surface area contributed by atoms with Crippen molar-refractivity contribution in [1.29, 1.82) is 0 Å². The molecule has 0 unspecified atom stereocenters. The summed E-state index contributed by atoms with van der Waals surface area (Å²) in [5.41, 5.74) is 2.88. The Bertz CT molecular complexity index is 843. The zero-order valence-electron chi connectivity index (χ0n) is 17.2. The molecule has 1 amide bonds. The first-order chi connectivity index (χ1) is 13.8. The van der Waals surface area contributed by atoms with Crippen molar-refractivity contribution in [2.45, 2.75) is 40.4 Å². The Morgan fingerprint density at radius 3 is 2.13 bits per heavy atom. The monoisotopic (exact) mass is 449 g/mol. The number of carbonyl (C=O) groups is 2. The SMILES string of the molecule is CC(C)CN(Cc1nc2cc(C(=O)NO)ccc2s1)CC(C)C.O=C(O)C(F)(F)F. The Hall–Kier alpha value is -2.24. The smallest absolute Gasteiger partial charge is 0.475 e. The molecule has 0 radical (unpaired) electrons. The number of amides is 1. The Labute approximate surface area is 176 Å². The molecule has 168 valence electrons. The van der Waals surface area contributed by atoms with E-state index in [1.807, 2.05) is 6.07 Å². The van der Waals surface area contributed by atoms with Crippen molar-refractivity contribution in [3.05, 3.63) is 28.8 Å². The molecule has 7 nitrogen and oxygen atoms in total. The van der Waals surface area contributed by atoms with Gasteiger partial charge >= 0.3 is 12.1 Å². The summed E-state index contributed by atoms with van der Waals surface area (Å²) < 4.78 is 32.8. The van der Waals surface area contributed by atoms with E-state index in [0.29, 0.717) is 17.4 Å². The molecule has 3 N–H and O–H groups in total. The second kappa shape index (κ2) is 11.2. The van der Waals surface area contributed by atoms with Crippen molar-refractivity contribution < 1.29 is 33.1 Å². The Balaban J connectivity index is 0.000000553. The van der Waals surface area contributed by atoms with Crippen LogP contribution in [0.25, 0.3) is 10.2 Å². The third-order valence-corrected chi connectivity index (χ3v) is 4.66. The molecule has 0 saturated carbocycles. The fraction of sp³-hybridized carbons (Fsp3) is 0.526. The molecule has 0 fully saturated rings. The predicted octanol–water partition coefficient (Wildman–Crippen LogP) is 4.16. The predicted molar refractivity (Wildman–Crippen MR) is 108 cm³/mol. The summed E-state index contributed by atoms with van der Waals surface area (Å²) in [4.78, 5) is 27.5. The number of carboxylic acids is 1. The number of benzene rings is 1. The van der Waals surface area contributed by atoms with Gasteiger partial charge in [0, 0.05) is 18.7 Å². The fourth-order valence-corrected chi connectivity index (χ4v) is 3.67. The van der Waals surface area contributed by atoms with E-state index >= 15 is 0 Å². The maximum absolute atomic E-state index is 11.5. The molecule has 2 aromatic rings. The first kappa shape index (κ1) is 25.8. The summed E-state index contributed by atoms with van der Waals surface area (Å²) >= 11 is 1.66. The number of hydroxylamine groups is 1. The number of alkyl halides is 3. The number of nitrogens with one attached hydrogen (secondary N) is 1. The van der Waals surface area contributed by atoms with Crippen LogP contribution in [0.4, 0.5) is 13.2 Å². The van der Waals surface area contributed by atoms with Gasteiger partial charge in [0.25, 0.3) is 5.91 Å². The standard InChI is InChI=1S/C17H25N3O2S.C2HF3O2/c1-11(2)8-20(9-12(3)4)10-16-18-14-7-13(17(21)19-22)5-6-15(14)23-16;3-2(4,5)1(6)7/h5-7,11-12,22H,8-10H2,1-4H3,(H,19,21);(H,6,7). The maximum atomic E-state index is 11.5. The normalized spacial score (nSPS) is 11.7. The first-order valence-corrected chi connectivity index (χ1v) is 10.0. The van der Waals surface area contributed by atoms with Crippen molar-refractivity contribution in [3.63, 3.8) is 0 Å². The number of nitrogens with zero attached hydrogens (tertiary/aromatic N) is 2. The summed E-state index contributed by atoms with van der Waals surface area (Å²) in [5, 5.41) is 16.9. The largest absolute Gasteiger partial charge is 0.490 e. The van der Waals surface area contributed by atoms with Crippen molar-refractivity contribution in [2.75, 3.05) is 13.1 Å². The lowest BCUT2D eigenvalue weighted by atomic mass is 10.1. The van der Waals surface area contributed by atoms with Gasteiger partial charge in [-0.3, -0.25) is 14.9 Å². The van der Waals surface area contributed by atoms with Crippen LogP contribution in [0.2, 0.25) is 0 Å². The Morgan fingerprint density at radius 1 is 1.17 bits per heavy atom. The van der Waals surface area contributed by atoms with E-state index in [9.17, 15) is 18.0 Å². The molecule has 2 rings (SSSR count). The van der Waals surface area contributed by atoms with Gasteiger partial charge in [0.2, 0.25) is 0 Å². The average molecular weight is 449 g/mol. The van der Waals surface area contributed by atoms with Crippen LogP contribution in [0.1, 0.15) is 43.1 Å². The van der Waals surface area contributed by atoms with Gasteiger partial charge in [0.15, 0.2) is 0 Å². The number of rotatable bonds is 7. The summed E-state index contributed by atoms with van der Waals surface area (Å²) in [5.74, 6) is -2.04. The number of hydrogen-bond acceptors (Lipinski definition) is 6. The molecular formula is C19H26F3N3O4S. The number of thiazole rings is 1. The quantitative estimate of drug-likeness (QED) is 0.433. The van der Waals surface area contributed by atoms with Crippen LogP contribution in [0.5, 0.6) is 0 Å². The van der Waals surface area contributed by atoms with Gasteiger partial charge < -0.3 is 5.11 Å². The van der Waals surface area contributed by atoms with E-state index in [1.165, 1.54) is 0 Å². The molecule has 1 aromatic carbocycles. The van der Waals surface area contributed by atoms with Crippen LogP contribution in [-0.2, 0) is 11.3 Å². The van der Waals surface area contributed by atoms with Gasteiger partial charge in [-0.2, -0.15) is 13.2 Å². The van der Waals surface area contributed by atoms with Crippen molar-refractivity contribution in [2.24, 2.45) is 11.8 Å². The van der Waals surface area contributed by atoms with E-state index in [4.69, 9.17) is 15.1 Å².